The topological polar surface area (TPSA) is 35.0 Å². The lowest BCUT2D eigenvalue weighted by Gasteiger charge is -2.07. The van der Waals surface area contributed by atoms with Gasteiger partial charge in [-0.15, -0.1) is 11.6 Å². The lowest BCUT2D eigenvalue weighted by Crippen LogP contribution is -1.90. The van der Waals surface area contributed by atoms with Crippen LogP contribution >= 0.6 is 11.6 Å². The van der Waals surface area contributed by atoms with Gasteiger partial charge in [-0.2, -0.15) is 0 Å². The molecule has 0 spiro atoms. The largest absolute Gasteiger partial charge is 0.438 e. The van der Waals surface area contributed by atoms with Crippen LogP contribution in [-0.2, 0) is 5.88 Å². The van der Waals surface area contributed by atoms with E-state index in [9.17, 15) is 0 Å². The van der Waals surface area contributed by atoms with Crippen molar-refractivity contribution in [1.82, 2.24) is 9.97 Å². The molecule has 3 rings (SSSR count). The summed E-state index contributed by atoms with van der Waals surface area (Å²) in [4.78, 5) is 8.52. The monoisotopic (exact) mass is 270 g/mol. The van der Waals surface area contributed by atoms with Gasteiger partial charge in [0.1, 0.15) is 5.75 Å². The molecule has 0 bridgehead atoms. The van der Waals surface area contributed by atoms with E-state index in [-0.39, 0.29) is 0 Å². The molecule has 19 heavy (non-hydrogen) atoms. The summed E-state index contributed by atoms with van der Waals surface area (Å²) < 4.78 is 5.80. The van der Waals surface area contributed by atoms with Crippen molar-refractivity contribution < 1.29 is 4.74 Å². The van der Waals surface area contributed by atoms with E-state index in [1.165, 1.54) is 0 Å². The minimum atomic E-state index is 0.450. The molecule has 4 heteroatoms. The molecule has 3 aromatic rings. The fourth-order valence-corrected chi connectivity index (χ4v) is 1.99. The Morgan fingerprint density at radius 1 is 1.00 bits per heavy atom. The second kappa shape index (κ2) is 5.24. The van der Waals surface area contributed by atoms with Crippen LogP contribution in [0.1, 0.15) is 5.56 Å². The molecule has 1 aromatic carbocycles. The SMILES string of the molecule is ClCc1ccc(Oc2cccc3ncccc23)nc1. The Hall–Kier alpha value is -2.13. The van der Waals surface area contributed by atoms with E-state index in [1.54, 1.807) is 12.4 Å². The Bertz CT molecular complexity index is 693. The van der Waals surface area contributed by atoms with Gasteiger partial charge in [0, 0.05) is 29.7 Å². The summed E-state index contributed by atoms with van der Waals surface area (Å²) in [6.07, 6.45) is 3.48. The molecule has 3 nitrogen and oxygen atoms in total. The first-order valence-corrected chi connectivity index (χ1v) is 6.43. The number of benzene rings is 1. The molecule has 0 N–H and O–H groups in total. The summed E-state index contributed by atoms with van der Waals surface area (Å²) in [6.45, 7) is 0. The van der Waals surface area contributed by atoms with Gasteiger partial charge < -0.3 is 4.74 Å². The third-order valence-electron chi connectivity index (χ3n) is 2.77. The molecule has 0 aliphatic heterocycles. The Morgan fingerprint density at radius 2 is 1.95 bits per heavy atom. The normalized spacial score (nSPS) is 10.6. The maximum atomic E-state index is 5.80. The number of pyridine rings is 2. The summed E-state index contributed by atoms with van der Waals surface area (Å²) in [5.41, 5.74) is 1.87. The molecule has 0 aliphatic carbocycles. The summed E-state index contributed by atoms with van der Waals surface area (Å²) in [6, 6.07) is 13.3. The smallest absolute Gasteiger partial charge is 0.219 e. The Morgan fingerprint density at radius 3 is 2.74 bits per heavy atom. The molecule has 2 aromatic heterocycles. The van der Waals surface area contributed by atoms with Gasteiger partial charge in [-0.3, -0.25) is 4.98 Å². The predicted molar refractivity (Wildman–Crippen MR) is 75.6 cm³/mol. The van der Waals surface area contributed by atoms with Crippen LogP contribution in [0.25, 0.3) is 10.9 Å². The van der Waals surface area contributed by atoms with Crippen molar-refractivity contribution in [2.24, 2.45) is 0 Å². The van der Waals surface area contributed by atoms with Gasteiger partial charge in [0.2, 0.25) is 5.88 Å². The standard InChI is InChI=1S/C15H11ClN2O/c16-9-11-6-7-15(18-10-11)19-14-5-1-4-13-12(14)3-2-8-17-13/h1-8,10H,9H2. The molecule has 0 saturated heterocycles. The number of hydrogen-bond donors (Lipinski definition) is 0. The number of fused-ring (bicyclic) bond motifs is 1. The van der Waals surface area contributed by atoms with Crippen LogP contribution in [0.3, 0.4) is 0 Å². The highest BCUT2D eigenvalue weighted by atomic mass is 35.5. The van der Waals surface area contributed by atoms with E-state index >= 15 is 0 Å². The quantitative estimate of drug-likeness (QED) is 0.670. The van der Waals surface area contributed by atoms with Crippen LogP contribution in [0.2, 0.25) is 0 Å². The zero-order chi connectivity index (χ0) is 13.1. The number of halogens is 1. The maximum Gasteiger partial charge on any atom is 0.219 e. The van der Waals surface area contributed by atoms with E-state index in [0.29, 0.717) is 11.8 Å². The van der Waals surface area contributed by atoms with Gasteiger partial charge in [-0.05, 0) is 29.8 Å². The molecular weight excluding hydrogens is 260 g/mol. The molecule has 0 unspecified atom stereocenters. The Kier molecular flexibility index (Phi) is 3.29. The molecular formula is C15H11ClN2O. The van der Waals surface area contributed by atoms with Gasteiger partial charge in [-0.1, -0.05) is 12.1 Å². The second-order valence-electron chi connectivity index (χ2n) is 4.07. The van der Waals surface area contributed by atoms with Crippen molar-refractivity contribution in [3.05, 3.63) is 60.4 Å². The number of aromatic nitrogens is 2. The summed E-state index contributed by atoms with van der Waals surface area (Å²) in [5.74, 6) is 1.74. The van der Waals surface area contributed by atoms with E-state index in [2.05, 4.69) is 9.97 Å². The van der Waals surface area contributed by atoms with Crippen LogP contribution in [-0.4, -0.2) is 9.97 Å². The lowest BCUT2D eigenvalue weighted by molar-refractivity contribution is 0.468. The third kappa shape index (κ3) is 2.51. The first-order valence-electron chi connectivity index (χ1n) is 5.89. The highest BCUT2D eigenvalue weighted by Crippen LogP contribution is 2.27. The number of ether oxygens (including phenoxy) is 1. The zero-order valence-corrected chi connectivity index (χ0v) is 10.8. The van der Waals surface area contributed by atoms with Gasteiger partial charge in [-0.25, -0.2) is 4.98 Å². The first-order chi connectivity index (χ1) is 9.36. The fourth-order valence-electron chi connectivity index (χ4n) is 1.83. The van der Waals surface area contributed by atoms with E-state index in [1.807, 2.05) is 42.5 Å². The summed E-state index contributed by atoms with van der Waals surface area (Å²) >= 11 is 5.73. The Balaban J connectivity index is 1.96. The highest BCUT2D eigenvalue weighted by Gasteiger charge is 2.04. The summed E-state index contributed by atoms with van der Waals surface area (Å²) in [7, 11) is 0. The predicted octanol–water partition coefficient (Wildman–Crippen LogP) is 4.16. The fraction of sp³-hybridized carbons (Fsp3) is 0.0667. The molecule has 0 fully saturated rings. The van der Waals surface area contributed by atoms with Crippen LogP contribution < -0.4 is 4.74 Å². The van der Waals surface area contributed by atoms with Crippen LogP contribution in [0.5, 0.6) is 11.6 Å². The lowest BCUT2D eigenvalue weighted by atomic mass is 10.2. The van der Waals surface area contributed by atoms with Gasteiger partial charge in [0.25, 0.3) is 0 Å². The second-order valence-corrected chi connectivity index (χ2v) is 4.33. The van der Waals surface area contributed by atoms with Crippen molar-refractivity contribution in [2.75, 3.05) is 0 Å². The van der Waals surface area contributed by atoms with Crippen molar-refractivity contribution in [2.45, 2.75) is 5.88 Å². The molecule has 94 valence electrons. The van der Waals surface area contributed by atoms with Crippen LogP contribution in [0.15, 0.2) is 54.9 Å². The minimum Gasteiger partial charge on any atom is -0.438 e. The number of nitrogens with zero attached hydrogens (tertiary/aromatic N) is 2. The van der Waals surface area contributed by atoms with E-state index in [0.717, 1.165) is 22.2 Å². The zero-order valence-electron chi connectivity index (χ0n) is 10.1. The molecule has 0 aliphatic rings. The molecule has 0 amide bonds. The maximum absolute atomic E-state index is 5.80. The van der Waals surface area contributed by atoms with Crippen LogP contribution in [0, 0.1) is 0 Å². The van der Waals surface area contributed by atoms with Crippen molar-refractivity contribution in [3.8, 4) is 11.6 Å². The highest BCUT2D eigenvalue weighted by molar-refractivity contribution is 6.17. The average molecular weight is 271 g/mol. The van der Waals surface area contributed by atoms with Gasteiger partial charge in [0.15, 0.2) is 0 Å². The average Bonchev–Trinajstić information content (AvgIpc) is 2.48. The van der Waals surface area contributed by atoms with Crippen molar-refractivity contribution in [3.63, 3.8) is 0 Å². The summed E-state index contributed by atoms with van der Waals surface area (Å²) in [5, 5.41) is 0.966. The molecule has 2 heterocycles. The van der Waals surface area contributed by atoms with Crippen molar-refractivity contribution in [1.29, 1.82) is 0 Å². The van der Waals surface area contributed by atoms with Crippen molar-refractivity contribution >= 4 is 22.5 Å². The van der Waals surface area contributed by atoms with Crippen LogP contribution in [0.4, 0.5) is 0 Å². The number of rotatable bonds is 3. The van der Waals surface area contributed by atoms with E-state index in [4.69, 9.17) is 16.3 Å². The minimum absolute atomic E-state index is 0.450. The number of hydrogen-bond acceptors (Lipinski definition) is 3. The van der Waals surface area contributed by atoms with Gasteiger partial charge >= 0.3 is 0 Å². The third-order valence-corrected chi connectivity index (χ3v) is 3.08. The van der Waals surface area contributed by atoms with E-state index < -0.39 is 0 Å². The number of alkyl halides is 1. The Labute approximate surface area is 115 Å². The molecule has 0 atom stereocenters. The molecule has 0 radical (unpaired) electrons. The van der Waals surface area contributed by atoms with Gasteiger partial charge in [0.05, 0.1) is 5.52 Å². The first kappa shape index (κ1) is 11.9. The molecule has 0 saturated carbocycles.